The molecule has 0 bridgehead atoms. The van der Waals surface area contributed by atoms with Gasteiger partial charge in [-0.05, 0) is 30.9 Å². The Morgan fingerprint density at radius 3 is 2.08 bits per heavy atom. The zero-order valence-corrected chi connectivity index (χ0v) is 13.9. The molecule has 3 amide bonds. The van der Waals surface area contributed by atoms with Gasteiger partial charge in [0.25, 0.3) is 11.8 Å². The van der Waals surface area contributed by atoms with Crippen molar-refractivity contribution in [2.75, 3.05) is 0 Å². The van der Waals surface area contributed by atoms with E-state index in [1.54, 1.807) is 12.1 Å². The van der Waals surface area contributed by atoms with Gasteiger partial charge in [-0.2, -0.15) is 0 Å². The summed E-state index contributed by atoms with van der Waals surface area (Å²) in [6.45, 7) is 5.26. The Morgan fingerprint density at radius 2 is 1.62 bits per heavy atom. The van der Waals surface area contributed by atoms with E-state index in [-0.39, 0.29) is 17.0 Å². The molecule has 1 atom stereocenters. The predicted molar refractivity (Wildman–Crippen MR) is 84.7 cm³/mol. The van der Waals surface area contributed by atoms with Crippen molar-refractivity contribution in [1.82, 2.24) is 10.4 Å². The maximum Gasteiger partial charge on any atom is 0.355 e. The van der Waals surface area contributed by atoms with Crippen molar-refractivity contribution in [3.8, 4) is 0 Å². The van der Waals surface area contributed by atoms with E-state index in [1.807, 2.05) is 13.8 Å². The monoisotopic (exact) mass is 332 g/mol. The highest BCUT2D eigenvalue weighted by molar-refractivity contribution is 6.20. The van der Waals surface area contributed by atoms with E-state index >= 15 is 0 Å². The lowest BCUT2D eigenvalue weighted by molar-refractivity contribution is -0.172. The number of imide groups is 1. The first-order valence-corrected chi connectivity index (χ1v) is 7.78. The van der Waals surface area contributed by atoms with E-state index in [0.717, 1.165) is 0 Å². The SMILES string of the molecule is CC(=O)NC(CCC(C)C)C(=O)ON1C(=O)c2ccccc2C1=O. The fourth-order valence-electron chi connectivity index (χ4n) is 2.40. The van der Waals surface area contributed by atoms with Gasteiger partial charge >= 0.3 is 5.97 Å². The molecule has 1 aliphatic rings. The first kappa shape index (κ1) is 17.7. The van der Waals surface area contributed by atoms with Gasteiger partial charge in [0, 0.05) is 6.92 Å². The lowest BCUT2D eigenvalue weighted by atomic mass is 10.0. The summed E-state index contributed by atoms with van der Waals surface area (Å²) in [6, 6.07) is 5.33. The van der Waals surface area contributed by atoms with Crippen molar-refractivity contribution in [2.45, 2.75) is 39.7 Å². The third-order valence-corrected chi connectivity index (χ3v) is 3.63. The van der Waals surface area contributed by atoms with Crippen LogP contribution >= 0.6 is 0 Å². The molecule has 0 fully saturated rings. The molecule has 1 unspecified atom stereocenters. The Hall–Kier alpha value is -2.70. The molecule has 1 heterocycles. The molecule has 0 radical (unpaired) electrons. The summed E-state index contributed by atoms with van der Waals surface area (Å²) < 4.78 is 0. The zero-order chi connectivity index (χ0) is 17.9. The summed E-state index contributed by atoms with van der Waals surface area (Å²) in [5.41, 5.74) is 0.377. The topological polar surface area (TPSA) is 92.8 Å². The number of benzene rings is 1. The predicted octanol–water partition coefficient (Wildman–Crippen LogP) is 1.68. The van der Waals surface area contributed by atoms with Crippen LogP contribution in [0.25, 0.3) is 0 Å². The van der Waals surface area contributed by atoms with Crippen LogP contribution in [0.1, 0.15) is 54.3 Å². The third-order valence-electron chi connectivity index (χ3n) is 3.63. The van der Waals surface area contributed by atoms with Crippen molar-refractivity contribution < 1.29 is 24.0 Å². The molecule has 0 aliphatic carbocycles. The highest BCUT2D eigenvalue weighted by Crippen LogP contribution is 2.23. The number of carbonyl (C=O) groups is 4. The number of nitrogens with zero attached hydrogens (tertiary/aromatic N) is 1. The first-order valence-electron chi connectivity index (χ1n) is 7.78. The smallest absolute Gasteiger partial charge is 0.343 e. The van der Waals surface area contributed by atoms with Gasteiger partial charge < -0.3 is 10.2 Å². The molecule has 128 valence electrons. The van der Waals surface area contributed by atoms with Gasteiger partial charge in [-0.3, -0.25) is 14.4 Å². The van der Waals surface area contributed by atoms with Crippen LogP contribution < -0.4 is 5.32 Å². The molecule has 1 aromatic rings. The number of carbonyl (C=O) groups excluding carboxylic acids is 4. The summed E-state index contributed by atoms with van der Waals surface area (Å²) in [6.07, 6.45) is 1.04. The second-order valence-electron chi connectivity index (χ2n) is 6.08. The number of fused-ring (bicyclic) bond motifs is 1. The standard InChI is InChI=1S/C17H20N2O5/c1-10(2)8-9-14(18-11(3)20)17(23)24-19-15(21)12-6-4-5-7-13(12)16(19)22/h4-7,10,14H,8-9H2,1-3H3,(H,18,20). The molecule has 2 rings (SSSR count). The zero-order valence-electron chi connectivity index (χ0n) is 13.9. The molecular formula is C17H20N2O5. The van der Waals surface area contributed by atoms with E-state index < -0.39 is 23.8 Å². The summed E-state index contributed by atoms with van der Waals surface area (Å²) in [5, 5.41) is 2.95. The average Bonchev–Trinajstić information content (AvgIpc) is 2.76. The minimum atomic E-state index is -0.908. The van der Waals surface area contributed by atoms with Crippen molar-refractivity contribution in [3.05, 3.63) is 35.4 Å². The van der Waals surface area contributed by atoms with Gasteiger partial charge in [-0.1, -0.05) is 31.0 Å². The maximum absolute atomic E-state index is 12.3. The Balaban J connectivity index is 2.11. The van der Waals surface area contributed by atoms with Gasteiger partial charge in [-0.15, -0.1) is 0 Å². The summed E-state index contributed by atoms with van der Waals surface area (Å²) in [5.74, 6) is -2.26. The Kier molecular flexibility index (Phi) is 5.33. The van der Waals surface area contributed by atoms with E-state index in [9.17, 15) is 19.2 Å². The second-order valence-corrected chi connectivity index (χ2v) is 6.08. The fraction of sp³-hybridized carbons (Fsp3) is 0.412. The number of hydroxylamine groups is 2. The van der Waals surface area contributed by atoms with E-state index in [0.29, 0.717) is 23.8 Å². The molecule has 1 aromatic carbocycles. The molecule has 0 spiro atoms. The molecule has 0 saturated carbocycles. The van der Waals surface area contributed by atoms with E-state index in [1.165, 1.54) is 19.1 Å². The molecule has 1 aliphatic heterocycles. The molecular weight excluding hydrogens is 312 g/mol. The number of rotatable bonds is 6. The van der Waals surface area contributed by atoms with Crippen molar-refractivity contribution in [3.63, 3.8) is 0 Å². The lowest BCUT2D eigenvalue weighted by Crippen LogP contribution is -2.45. The van der Waals surface area contributed by atoms with Crippen LogP contribution in [-0.4, -0.2) is 34.8 Å². The summed E-state index contributed by atoms with van der Waals surface area (Å²) in [4.78, 5) is 53.0. The maximum atomic E-state index is 12.3. The number of nitrogens with one attached hydrogen (secondary N) is 1. The van der Waals surface area contributed by atoms with Gasteiger partial charge in [0.1, 0.15) is 6.04 Å². The van der Waals surface area contributed by atoms with Crippen molar-refractivity contribution in [1.29, 1.82) is 0 Å². The minimum absolute atomic E-state index is 0.188. The first-order chi connectivity index (χ1) is 11.3. The van der Waals surface area contributed by atoms with Crippen LogP contribution in [0.4, 0.5) is 0 Å². The van der Waals surface area contributed by atoms with Crippen LogP contribution in [0.2, 0.25) is 0 Å². The molecule has 0 saturated heterocycles. The largest absolute Gasteiger partial charge is 0.355 e. The number of hydrogen-bond donors (Lipinski definition) is 1. The van der Waals surface area contributed by atoms with Crippen LogP contribution in [0.15, 0.2) is 24.3 Å². The van der Waals surface area contributed by atoms with Crippen LogP contribution in [0.5, 0.6) is 0 Å². The molecule has 7 nitrogen and oxygen atoms in total. The Labute approximate surface area is 139 Å². The molecule has 0 aromatic heterocycles. The minimum Gasteiger partial charge on any atom is -0.343 e. The van der Waals surface area contributed by atoms with Crippen LogP contribution in [0, 0.1) is 5.92 Å². The fourth-order valence-corrected chi connectivity index (χ4v) is 2.40. The van der Waals surface area contributed by atoms with Gasteiger partial charge in [-0.25, -0.2) is 4.79 Å². The second kappa shape index (κ2) is 7.25. The average molecular weight is 332 g/mol. The summed E-state index contributed by atoms with van der Waals surface area (Å²) >= 11 is 0. The molecule has 7 heteroatoms. The van der Waals surface area contributed by atoms with Crippen LogP contribution in [-0.2, 0) is 14.4 Å². The summed E-state index contributed by atoms with van der Waals surface area (Å²) in [7, 11) is 0. The van der Waals surface area contributed by atoms with E-state index in [4.69, 9.17) is 4.84 Å². The Morgan fingerprint density at radius 1 is 1.08 bits per heavy atom. The lowest BCUT2D eigenvalue weighted by Gasteiger charge is -2.20. The third kappa shape index (κ3) is 3.79. The van der Waals surface area contributed by atoms with Gasteiger partial charge in [0.15, 0.2) is 0 Å². The number of amides is 3. The highest BCUT2D eigenvalue weighted by atomic mass is 16.7. The molecule has 24 heavy (non-hydrogen) atoms. The normalized spacial score (nSPS) is 14.6. The quantitative estimate of drug-likeness (QED) is 0.800. The van der Waals surface area contributed by atoms with Crippen LogP contribution in [0.3, 0.4) is 0 Å². The van der Waals surface area contributed by atoms with Gasteiger partial charge in [0.05, 0.1) is 11.1 Å². The highest BCUT2D eigenvalue weighted by Gasteiger charge is 2.39. The van der Waals surface area contributed by atoms with Gasteiger partial charge in [0.2, 0.25) is 5.91 Å². The van der Waals surface area contributed by atoms with Crippen molar-refractivity contribution in [2.24, 2.45) is 5.92 Å². The number of hydrogen-bond acceptors (Lipinski definition) is 5. The van der Waals surface area contributed by atoms with E-state index in [2.05, 4.69) is 5.32 Å². The van der Waals surface area contributed by atoms with Crippen molar-refractivity contribution >= 4 is 23.7 Å². The Bertz CT molecular complexity index is 648. The molecule has 1 N–H and O–H groups in total.